The molecule has 6 nitrogen and oxygen atoms in total. The van der Waals surface area contributed by atoms with Gasteiger partial charge >= 0.3 is 6.18 Å². The highest BCUT2D eigenvalue weighted by Crippen LogP contribution is 2.38. The Balaban J connectivity index is 2.08. The van der Waals surface area contributed by atoms with E-state index in [0.717, 1.165) is 0 Å². The highest BCUT2D eigenvalue weighted by Gasteiger charge is 2.28. The molecule has 0 heterocycles. The first kappa shape index (κ1) is 21.2. The minimum absolute atomic E-state index is 0.00270. The first-order valence-corrected chi connectivity index (χ1v) is 8.14. The third-order valence-corrected chi connectivity index (χ3v) is 3.61. The number of methoxy groups -OCH3 is 3. The zero-order valence-corrected chi connectivity index (χ0v) is 15.6. The number of hydrogen-bond acceptors (Lipinski definition) is 5. The molecule has 0 aliphatic heterocycles. The summed E-state index contributed by atoms with van der Waals surface area (Å²) in [4.78, 5) is 12.3. The van der Waals surface area contributed by atoms with Crippen molar-refractivity contribution in [1.29, 1.82) is 0 Å². The standard InChI is InChI=1S/C19H20F3NO5/c1-25-15-7-12(8-16(26-2)18(15)27-3)9-17(24)23-13-5-4-6-14(10-13)28-11-19(20,21)22/h4-8,10H,9,11H2,1-3H3,(H,23,24). The Hall–Kier alpha value is -3.10. The molecule has 0 bridgehead atoms. The van der Waals surface area contributed by atoms with E-state index >= 15 is 0 Å². The van der Waals surface area contributed by atoms with E-state index in [0.29, 0.717) is 28.5 Å². The Morgan fingerprint density at radius 3 is 2.18 bits per heavy atom. The Bertz CT molecular complexity index is 798. The van der Waals surface area contributed by atoms with Crippen LogP contribution in [0, 0.1) is 0 Å². The zero-order valence-electron chi connectivity index (χ0n) is 15.6. The number of nitrogens with one attached hydrogen (secondary N) is 1. The third kappa shape index (κ3) is 5.97. The molecule has 0 saturated heterocycles. The van der Waals surface area contributed by atoms with Crippen molar-refractivity contribution >= 4 is 11.6 Å². The van der Waals surface area contributed by atoms with Crippen molar-refractivity contribution in [3.05, 3.63) is 42.0 Å². The summed E-state index contributed by atoms with van der Waals surface area (Å²) in [6.45, 7) is -1.41. The maximum absolute atomic E-state index is 12.3. The first-order chi connectivity index (χ1) is 13.3. The van der Waals surface area contributed by atoms with E-state index in [9.17, 15) is 18.0 Å². The smallest absolute Gasteiger partial charge is 0.422 e. The molecule has 0 unspecified atom stereocenters. The molecule has 0 fully saturated rings. The van der Waals surface area contributed by atoms with E-state index in [4.69, 9.17) is 14.2 Å². The number of amides is 1. The second-order valence-corrected chi connectivity index (χ2v) is 5.69. The lowest BCUT2D eigenvalue weighted by molar-refractivity contribution is -0.153. The van der Waals surface area contributed by atoms with Gasteiger partial charge in [0.1, 0.15) is 5.75 Å². The lowest BCUT2D eigenvalue weighted by atomic mass is 10.1. The number of rotatable bonds is 8. The maximum Gasteiger partial charge on any atom is 0.422 e. The molecule has 2 aromatic carbocycles. The highest BCUT2D eigenvalue weighted by atomic mass is 19.4. The average molecular weight is 399 g/mol. The van der Waals surface area contributed by atoms with Crippen LogP contribution in [-0.4, -0.2) is 40.0 Å². The van der Waals surface area contributed by atoms with Gasteiger partial charge in [0, 0.05) is 11.8 Å². The van der Waals surface area contributed by atoms with Gasteiger partial charge in [0.25, 0.3) is 0 Å². The van der Waals surface area contributed by atoms with Crippen LogP contribution in [0.4, 0.5) is 18.9 Å². The molecule has 1 N–H and O–H groups in total. The number of alkyl halides is 3. The monoisotopic (exact) mass is 399 g/mol. The Labute approximate surface area is 160 Å². The van der Waals surface area contributed by atoms with E-state index in [2.05, 4.69) is 10.1 Å². The van der Waals surface area contributed by atoms with E-state index in [1.54, 1.807) is 18.2 Å². The molecule has 2 rings (SSSR count). The van der Waals surface area contributed by atoms with Crippen LogP contribution in [0.5, 0.6) is 23.0 Å². The van der Waals surface area contributed by atoms with Crippen molar-refractivity contribution < 1.29 is 36.9 Å². The molecule has 28 heavy (non-hydrogen) atoms. The van der Waals surface area contributed by atoms with Gasteiger partial charge in [-0.15, -0.1) is 0 Å². The number of carbonyl (C=O) groups excluding carboxylic acids is 1. The largest absolute Gasteiger partial charge is 0.493 e. The molecule has 9 heteroatoms. The molecule has 1 amide bonds. The van der Waals surface area contributed by atoms with E-state index in [1.807, 2.05) is 0 Å². The highest BCUT2D eigenvalue weighted by molar-refractivity contribution is 5.92. The van der Waals surface area contributed by atoms with Crippen molar-refractivity contribution in [2.75, 3.05) is 33.3 Å². The van der Waals surface area contributed by atoms with Gasteiger partial charge in [-0.2, -0.15) is 13.2 Å². The molecule has 0 saturated carbocycles. The average Bonchev–Trinajstić information content (AvgIpc) is 2.65. The lowest BCUT2D eigenvalue weighted by Gasteiger charge is -2.14. The van der Waals surface area contributed by atoms with E-state index < -0.39 is 12.8 Å². The van der Waals surface area contributed by atoms with Gasteiger partial charge in [-0.25, -0.2) is 0 Å². The van der Waals surface area contributed by atoms with Crippen molar-refractivity contribution in [3.63, 3.8) is 0 Å². The molecule has 0 atom stereocenters. The van der Waals surface area contributed by atoms with Crippen LogP contribution in [0.2, 0.25) is 0 Å². The van der Waals surface area contributed by atoms with Gasteiger partial charge < -0.3 is 24.3 Å². The van der Waals surface area contributed by atoms with Crippen LogP contribution in [0.25, 0.3) is 0 Å². The first-order valence-electron chi connectivity index (χ1n) is 8.14. The molecular formula is C19H20F3NO5. The lowest BCUT2D eigenvalue weighted by Crippen LogP contribution is -2.19. The predicted molar refractivity (Wildman–Crippen MR) is 96.4 cm³/mol. The molecule has 0 aliphatic rings. The van der Waals surface area contributed by atoms with Gasteiger partial charge in [-0.1, -0.05) is 6.07 Å². The third-order valence-electron chi connectivity index (χ3n) is 3.61. The van der Waals surface area contributed by atoms with Crippen LogP contribution in [0.15, 0.2) is 36.4 Å². The second-order valence-electron chi connectivity index (χ2n) is 5.69. The SMILES string of the molecule is COc1cc(CC(=O)Nc2cccc(OCC(F)(F)F)c2)cc(OC)c1OC. The maximum atomic E-state index is 12.3. The number of hydrogen-bond donors (Lipinski definition) is 1. The topological polar surface area (TPSA) is 66.0 Å². The van der Waals surface area contributed by atoms with Crippen LogP contribution < -0.4 is 24.3 Å². The normalized spacial score (nSPS) is 10.9. The van der Waals surface area contributed by atoms with Crippen LogP contribution in [0.3, 0.4) is 0 Å². The molecule has 0 radical (unpaired) electrons. The number of benzene rings is 2. The van der Waals surface area contributed by atoms with E-state index in [1.165, 1.54) is 39.5 Å². The van der Waals surface area contributed by atoms with E-state index in [-0.39, 0.29) is 18.1 Å². The number of carbonyl (C=O) groups is 1. The number of halogens is 3. The summed E-state index contributed by atoms with van der Waals surface area (Å²) in [7, 11) is 4.40. The van der Waals surface area contributed by atoms with Crippen LogP contribution >= 0.6 is 0 Å². The van der Waals surface area contributed by atoms with Gasteiger partial charge in [-0.05, 0) is 29.8 Å². The fraction of sp³-hybridized carbons (Fsp3) is 0.316. The fourth-order valence-corrected chi connectivity index (χ4v) is 2.46. The zero-order chi connectivity index (χ0) is 20.7. The summed E-state index contributed by atoms with van der Waals surface area (Å²) >= 11 is 0. The predicted octanol–water partition coefficient (Wildman–Crippen LogP) is 3.83. The van der Waals surface area contributed by atoms with Gasteiger partial charge in [-0.3, -0.25) is 4.79 Å². The quantitative estimate of drug-likeness (QED) is 0.731. The van der Waals surface area contributed by atoms with Gasteiger partial charge in [0.2, 0.25) is 11.7 Å². The van der Waals surface area contributed by atoms with Gasteiger partial charge in [0.05, 0.1) is 27.8 Å². The van der Waals surface area contributed by atoms with Crippen molar-refractivity contribution in [1.82, 2.24) is 0 Å². The molecule has 152 valence electrons. The molecule has 2 aromatic rings. The summed E-state index contributed by atoms with van der Waals surface area (Å²) < 4.78 is 57.1. The number of ether oxygens (including phenoxy) is 4. The summed E-state index contributed by atoms with van der Waals surface area (Å²) in [6.07, 6.45) is -4.45. The molecule has 0 spiro atoms. The molecule has 0 aliphatic carbocycles. The minimum atomic E-state index is -4.44. The second kappa shape index (κ2) is 9.20. The summed E-state index contributed by atoms with van der Waals surface area (Å²) in [5.41, 5.74) is 0.925. The van der Waals surface area contributed by atoms with Gasteiger partial charge in [0.15, 0.2) is 18.1 Å². The Morgan fingerprint density at radius 2 is 1.64 bits per heavy atom. The molecule has 0 aromatic heterocycles. The summed E-state index contributed by atoms with van der Waals surface area (Å²) in [5, 5.41) is 2.62. The minimum Gasteiger partial charge on any atom is -0.493 e. The van der Waals surface area contributed by atoms with Crippen molar-refractivity contribution in [2.45, 2.75) is 12.6 Å². The number of anilines is 1. The fourth-order valence-electron chi connectivity index (χ4n) is 2.46. The summed E-state index contributed by atoms with van der Waals surface area (Å²) in [6, 6.07) is 9.02. The Kier molecular flexibility index (Phi) is 6.97. The van der Waals surface area contributed by atoms with Crippen LogP contribution in [-0.2, 0) is 11.2 Å². The van der Waals surface area contributed by atoms with Crippen molar-refractivity contribution in [2.24, 2.45) is 0 Å². The molecular weight excluding hydrogens is 379 g/mol. The van der Waals surface area contributed by atoms with Crippen LogP contribution in [0.1, 0.15) is 5.56 Å². The summed E-state index contributed by atoms with van der Waals surface area (Å²) in [5.74, 6) is 0.855. The van der Waals surface area contributed by atoms with Crippen molar-refractivity contribution in [3.8, 4) is 23.0 Å². The Morgan fingerprint density at radius 1 is 1.00 bits per heavy atom.